The van der Waals surface area contributed by atoms with E-state index >= 15 is 0 Å². The van der Waals surface area contributed by atoms with Crippen LogP contribution < -0.4 is 0 Å². The summed E-state index contributed by atoms with van der Waals surface area (Å²) in [6, 6.07) is 18.6. The Morgan fingerprint density at radius 2 is 1.83 bits per heavy atom. The molecule has 0 bridgehead atoms. The van der Waals surface area contributed by atoms with Gasteiger partial charge in [0.05, 0.1) is 5.56 Å². The van der Waals surface area contributed by atoms with Gasteiger partial charge < -0.3 is 0 Å². The number of hydrogen-bond donors (Lipinski definition) is 0. The number of rotatable bonds is 1. The van der Waals surface area contributed by atoms with Crippen LogP contribution in [0.5, 0.6) is 0 Å². The molecule has 0 aliphatic heterocycles. The van der Waals surface area contributed by atoms with Crippen molar-refractivity contribution >= 4 is 10.8 Å². The van der Waals surface area contributed by atoms with E-state index in [-0.39, 0.29) is 11.4 Å². The Labute approximate surface area is 141 Å². The highest BCUT2D eigenvalue weighted by Crippen LogP contribution is 2.35. The van der Waals surface area contributed by atoms with Gasteiger partial charge in [0.1, 0.15) is 11.9 Å². The number of fused-ring (bicyclic) bond motifs is 2. The summed E-state index contributed by atoms with van der Waals surface area (Å²) in [4.78, 5) is 0. The van der Waals surface area contributed by atoms with Crippen molar-refractivity contribution in [3.8, 4) is 6.07 Å². The molecule has 0 saturated heterocycles. The molecule has 1 aliphatic carbocycles. The zero-order valence-corrected chi connectivity index (χ0v) is 13.6. The molecule has 0 saturated carbocycles. The molecule has 3 aromatic rings. The Balaban J connectivity index is 1.69. The molecule has 4 rings (SSSR count). The summed E-state index contributed by atoms with van der Waals surface area (Å²) in [5, 5.41) is 11.5. The average Bonchev–Trinajstić information content (AvgIpc) is 2.61. The Kier molecular flexibility index (Phi) is 3.58. The predicted octanol–water partition coefficient (Wildman–Crippen LogP) is 5.43. The average molecular weight is 315 g/mol. The molecule has 0 fully saturated rings. The van der Waals surface area contributed by atoms with E-state index in [0.29, 0.717) is 12.3 Å². The zero-order chi connectivity index (χ0) is 16.7. The molecule has 0 spiro atoms. The van der Waals surface area contributed by atoms with Crippen LogP contribution in [-0.4, -0.2) is 0 Å². The summed E-state index contributed by atoms with van der Waals surface area (Å²) in [5.74, 6) is 0.0953. The van der Waals surface area contributed by atoms with Crippen LogP contribution in [-0.2, 0) is 12.8 Å². The first-order valence-electron chi connectivity index (χ1n) is 8.36. The van der Waals surface area contributed by atoms with Crippen molar-refractivity contribution in [1.82, 2.24) is 0 Å². The lowest BCUT2D eigenvalue weighted by atomic mass is 9.79. The van der Waals surface area contributed by atoms with Gasteiger partial charge in [-0.25, -0.2) is 4.39 Å². The maximum atomic E-state index is 14.3. The minimum absolute atomic E-state index is 0.160. The second-order valence-corrected chi connectivity index (χ2v) is 6.73. The van der Waals surface area contributed by atoms with Crippen LogP contribution in [0.1, 0.15) is 40.2 Å². The quantitative estimate of drug-likeness (QED) is 0.587. The van der Waals surface area contributed by atoms with Crippen LogP contribution in [0.3, 0.4) is 0 Å². The predicted molar refractivity (Wildman–Crippen MR) is 94.6 cm³/mol. The molecule has 0 aromatic heterocycles. The van der Waals surface area contributed by atoms with Crippen LogP contribution in [0.4, 0.5) is 4.39 Å². The molecule has 0 heterocycles. The van der Waals surface area contributed by atoms with Crippen molar-refractivity contribution in [3.05, 3.63) is 82.2 Å². The van der Waals surface area contributed by atoms with Gasteiger partial charge in [-0.2, -0.15) is 5.26 Å². The molecular weight excluding hydrogens is 297 g/mol. The first kappa shape index (κ1) is 14.9. The third-order valence-electron chi connectivity index (χ3n) is 5.16. The Hall–Kier alpha value is -2.66. The Morgan fingerprint density at radius 3 is 2.67 bits per heavy atom. The van der Waals surface area contributed by atoms with Crippen LogP contribution in [0.2, 0.25) is 0 Å². The lowest BCUT2D eigenvalue weighted by molar-refractivity contribution is 0.540. The minimum atomic E-state index is -0.317. The summed E-state index contributed by atoms with van der Waals surface area (Å²) in [6.45, 7) is 2.11. The van der Waals surface area contributed by atoms with Gasteiger partial charge in [-0.3, -0.25) is 0 Å². The van der Waals surface area contributed by atoms with E-state index in [1.807, 2.05) is 12.1 Å². The van der Waals surface area contributed by atoms with Crippen molar-refractivity contribution in [2.45, 2.75) is 32.1 Å². The van der Waals surface area contributed by atoms with Gasteiger partial charge in [0.2, 0.25) is 0 Å². The molecule has 2 heteroatoms. The van der Waals surface area contributed by atoms with Gasteiger partial charge in [-0.05, 0) is 65.6 Å². The smallest absolute Gasteiger partial charge is 0.144 e. The van der Waals surface area contributed by atoms with Crippen LogP contribution >= 0.6 is 0 Å². The van der Waals surface area contributed by atoms with Gasteiger partial charge in [0.25, 0.3) is 0 Å². The third kappa shape index (κ3) is 2.47. The summed E-state index contributed by atoms with van der Waals surface area (Å²) < 4.78 is 14.3. The SMILES string of the molecule is Cc1ccc2cc(C3CCc4c(ccc(C#N)c4F)C3)ccc2c1. The zero-order valence-electron chi connectivity index (χ0n) is 13.6. The van der Waals surface area contributed by atoms with E-state index < -0.39 is 0 Å². The van der Waals surface area contributed by atoms with Gasteiger partial charge in [0.15, 0.2) is 0 Å². The van der Waals surface area contributed by atoms with E-state index in [2.05, 4.69) is 43.3 Å². The van der Waals surface area contributed by atoms with Crippen LogP contribution in [0.25, 0.3) is 10.8 Å². The molecular formula is C22H18FN. The van der Waals surface area contributed by atoms with E-state index in [0.717, 1.165) is 24.0 Å². The molecule has 0 amide bonds. The van der Waals surface area contributed by atoms with Crippen molar-refractivity contribution in [2.75, 3.05) is 0 Å². The summed E-state index contributed by atoms with van der Waals surface area (Å²) in [7, 11) is 0. The van der Waals surface area contributed by atoms with Crippen molar-refractivity contribution < 1.29 is 4.39 Å². The highest BCUT2D eigenvalue weighted by atomic mass is 19.1. The largest absolute Gasteiger partial charge is 0.205 e. The van der Waals surface area contributed by atoms with Gasteiger partial charge >= 0.3 is 0 Å². The maximum Gasteiger partial charge on any atom is 0.144 e. The van der Waals surface area contributed by atoms with E-state index in [9.17, 15) is 4.39 Å². The maximum absolute atomic E-state index is 14.3. The lowest BCUT2D eigenvalue weighted by Crippen LogP contribution is -2.15. The van der Waals surface area contributed by atoms with Crippen LogP contribution in [0, 0.1) is 24.1 Å². The fourth-order valence-corrected chi connectivity index (χ4v) is 3.82. The molecule has 24 heavy (non-hydrogen) atoms. The van der Waals surface area contributed by atoms with Gasteiger partial charge in [0, 0.05) is 0 Å². The first-order chi connectivity index (χ1) is 11.7. The monoisotopic (exact) mass is 315 g/mol. The second-order valence-electron chi connectivity index (χ2n) is 6.73. The number of benzene rings is 3. The van der Waals surface area contributed by atoms with E-state index in [4.69, 9.17) is 5.26 Å². The molecule has 3 aromatic carbocycles. The molecule has 1 aliphatic rings. The summed E-state index contributed by atoms with van der Waals surface area (Å²) in [5.41, 5.74) is 4.54. The Bertz CT molecular complexity index is 981. The number of halogens is 1. The fraction of sp³-hybridized carbons (Fsp3) is 0.227. The molecule has 0 N–H and O–H groups in total. The fourth-order valence-electron chi connectivity index (χ4n) is 3.82. The molecule has 1 nitrogen and oxygen atoms in total. The number of nitrogens with zero attached hydrogens (tertiary/aromatic N) is 1. The first-order valence-corrected chi connectivity index (χ1v) is 8.36. The number of nitriles is 1. The third-order valence-corrected chi connectivity index (χ3v) is 5.16. The highest BCUT2D eigenvalue weighted by Gasteiger charge is 2.24. The highest BCUT2D eigenvalue weighted by molar-refractivity contribution is 5.84. The number of aryl methyl sites for hydroxylation is 1. The van der Waals surface area contributed by atoms with Crippen molar-refractivity contribution in [2.24, 2.45) is 0 Å². The molecule has 1 unspecified atom stereocenters. The normalized spacial score (nSPS) is 16.6. The molecule has 0 radical (unpaired) electrons. The van der Waals surface area contributed by atoms with Crippen LogP contribution in [0.15, 0.2) is 48.5 Å². The standard InChI is InChI=1S/C22H18FN/c1-14-2-3-16-11-17(5-4-15(16)10-14)18-8-9-21-19(12-18)6-7-20(13-24)22(21)23/h2-7,10-11,18H,8-9,12H2,1H3. The second kappa shape index (κ2) is 5.76. The van der Waals surface area contributed by atoms with Crippen molar-refractivity contribution in [1.29, 1.82) is 5.26 Å². The lowest BCUT2D eigenvalue weighted by Gasteiger charge is -2.26. The topological polar surface area (TPSA) is 23.8 Å². The van der Waals surface area contributed by atoms with E-state index in [1.165, 1.54) is 21.9 Å². The van der Waals surface area contributed by atoms with Gasteiger partial charge in [-0.1, -0.05) is 48.0 Å². The molecule has 1 atom stereocenters. The Morgan fingerprint density at radius 1 is 1.04 bits per heavy atom. The van der Waals surface area contributed by atoms with E-state index in [1.54, 1.807) is 6.07 Å². The summed E-state index contributed by atoms with van der Waals surface area (Å²) in [6.07, 6.45) is 2.47. The molecule has 118 valence electrons. The van der Waals surface area contributed by atoms with Crippen molar-refractivity contribution in [3.63, 3.8) is 0 Å². The summed E-state index contributed by atoms with van der Waals surface area (Å²) >= 11 is 0. The van der Waals surface area contributed by atoms with Gasteiger partial charge in [-0.15, -0.1) is 0 Å². The number of hydrogen-bond acceptors (Lipinski definition) is 1. The minimum Gasteiger partial charge on any atom is -0.205 e.